The fourth-order valence-electron chi connectivity index (χ4n) is 6.96. The number of amides is 1. The van der Waals surface area contributed by atoms with E-state index in [1.807, 2.05) is 72.8 Å². The molecule has 1 aromatic heterocycles. The Morgan fingerprint density at radius 3 is 2.38 bits per heavy atom. The molecule has 6 rings (SSSR count). The van der Waals surface area contributed by atoms with E-state index in [4.69, 9.17) is 0 Å². The van der Waals surface area contributed by atoms with Gasteiger partial charge in [0.2, 0.25) is 0 Å². The number of nitrogens with zero attached hydrogens (tertiary/aromatic N) is 3. The zero-order valence-electron chi connectivity index (χ0n) is 26.6. The van der Waals surface area contributed by atoms with Gasteiger partial charge < -0.3 is 14.9 Å². The smallest absolute Gasteiger partial charge is 0.439 e. The van der Waals surface area contributed by atoms with Crippen LogP contribution in [0.5, 0.6) is 0 Å². The summed E-state index contributed by atoms with van der Waals surface area (Å²) in [6.45, 7) is 7.22. The minimum absolute atomic E-state index is 0.0551. The summed E-state index contributed by atoms with van der Waals surface area (Å²) in [6.07, 6.45) is 0.125. The number of rotatable bonds is 8. The Labute approximate surface area is 271 Å². The van der Waals surface area contributed by atoms with Gasteiger partial charge in [-0.25, -0.2) is 18.4 Å². The predicted molar refractivity (Wildman–Crippen MR) is 177 cm³/mol. The molecular weight excluding hydrogens is 602 g/mol. The average Bonchev–Trinajstić information content (AvgIpc) is 3.48. The van der Waals surface area contributed by atoms with E-state index in [2.05, 4.69) is 35.4 Å². The first-order chi connectivity index (χ1) is 22.5. The largest absolute Gasteiger partial charge is 0.465 e. The Hall–Kier alpha value is -4.99. The molecule has 244 valence electrons. The first-order valence-electron chi connectivity index (χ1n) is 15.8. The van der Waals surface area contributed by atoms with E-state index in [9.17, 15) is 14.7 Å². The van der Waals surface area contributed by atoms with Crippen LogP contribution in [-0.4, -0.2) is 45.9 Å². The molecule has 1 aliphatic rings. The standard InChI is InChI=1S/C37H38F2N4O4/c1-37(2,3)20-32(28-15-9-13-23-12-7-8-14-27(23)28)43(36(45)46)21-25-16-17-42(22-29(25)24-10-5-4-6-11-24)33-30(38)18-26(19-31(33)39)34-40-35(44)47-41-34/h4-15,18-19,25,29,32H,16-17,20-22H2,1-3H3,(H,45,46)(H,40,41,44)/t25?,29?,32-/m1/s1. The van der Waals surface area contributed by atoms with E-state index in [1.54, 1.807) is 9.80 Å². The number of fused-ring (bicyclic) bond motifs is 1. The van der Waals surface area contributed by atoms with Crippen LogP contribution in [0, 0.1) is 23.0 Å². The Bertz CT molecular complexity index is 1910. The number of carbonyl (C=O) groups is 1. The highest BCUT2D eigenvalue weighted by Gasteiger charge is 2.38. The van der Waals surface area contributed by atoms with Crippen molar-refractivity contribution in [1.82, 2.24) is 15.0 Å². The van der Waals surface area contributed by atoms with Crippen molar-refractivity contribution >= 4 is 22.6 Å². The van der Waals surface area contributed by atoms with Gasteiger partial charge >= 0.3 is 11.8 Å². The summed E-state index contributed by atoms with van der Waals surface area (Å²) >= 11 is 0. The van der Waals surface area contributed by atoms with Gasteiger partial charge in [-0.3, -0.25) is 9.51 Å². The molecule has 10 heteroatoms. The fourth-order valence-corrected chi connectivity index (χ4v) is 6.96. The first-order valence-corrected chi connectivity index (χ1v) is 15.8. The van der Waals surface area contributed by atoms with E-state index >= 15 is 8.78 Å². The molecular formula is C37H38F2N4O4. The van der Waals surface area contributed by atoms with E-state index in [0.717, 1.165) is 34.0 Å². The maximum absolute atomic E-state index is 15.6. The molecule has 2 unspecified atom stereocenters. The number of piperidine rings is 1. The summed E-state index contributed by atoms with van der Waals surface area (Å²) in [6, 6.07) is 25.7. The zero-order valence-corrected chi connectivity index (χ0v) is 26.6. The van der Waals surface area contributed by atoms with E-state index in [-0.39, 0.29) is 47.4 Å². The van der Waals surface area contributed by atoms with Crippen molar-refractivity contribution < 1.29 is 23.2 Å². The van der Waals surface area contributed by atoms with Crippen LogP contribution >= 0.6 is 0 Å². The number of anilines is 1. The van der Waals surface area contributed by atoms with Crippen molar-refractivity contribution in [1.29, 1.82) is 0 Å². The highest BCUT2D eigenvalue weighted by Crippen LogP contribution is 2.42. The molecule has 1 fully saturated rings. The summed E-state index contributed by atoms with van der Waals surface area (Å²) in [5.74, 6) is -2.79. The molecule has 0 aliphatic carbocycles. The van der Waals surface area contributed by atoms with Gasteiger partial charge in [-0.05, 0) is 58.2 Å². The van der Waals surface area contributed by atoms with E-state index < -0.39 is 29.5 Å². The van der Waals surface area contributed by atoms with Gasteiger partial charge in [-0.1, -0.05) is 98.7 Å². The molecule has 0 saturated carbocycles. The summed E-state index contributed by atoms with van der Waals surface area (Å²) in [4.78, 5) is 30.1. The SMILES string of the molecule is CC(C)(C)C[C@H](c1cccc2ccccc12)N(CC1CCN(c2c(F)cc(-c3noc(=O)[nH]3)cc2F)CC1c1ccccc1)C(=O)O. The first kappa shape index (κ1) is 32.0. The Balaban J connectivity index is 1.35. The lowest BCUT2D eigenvalue weighted by Crippen LogP contribution is -2.46. The number of aromatic nitrogens is 2. The number of aromatic amines is 1. The minimum Gasteiger partial charge on any atom is -0.465 e. The molecule has 3 atom stereocenters. The molecule has 1 aliphatic heterocycles. The second-order valence-corrected chi connectivity index (χ2v) is 13.5. The third kappa shape index (κ3) is 6.91. The Kier molecular flexibility index (Phi) is 8.86. The van der Waals surface area contributed by atoms with Crippen molar-refractivity contribution in [2.24, 2.45) is 11.3 Å². The van der Waals surface area contributed by atoms with Crippen LogP contribution in [0.2, 0.25) is 0 Å². The third-order valence-corrected chi connectivity index (χ3v) is 9.07. The van der Waals surface area contributed by atoms with Gasteiger partial charge in [0.05, 0.1) is 6.04 Å². The van der Waals surface area contributed by atoms with Gasteiger partial charge in [0.25, 0.3) is 0 Å². The predicted octanol–water partition coefficient (Wildman–Crippen LogP) is 8.23. The second-order valence-electron chi connectivity index (χ2n) is 13.5. The lowest BCUT2D eigenvalue weighted by molar-refractivity contribution is 0.0917. The van der Waals surface area contributed by atoms with Crippen LogP contribution < -0.4 is 10.7 Å². The van der Waals surface area contributed by atoms with Gasteiger partial charge in [0.1, 0.15) is 17.3 Å². The van der Waals surface area contributed by atoms with Gasteiger partial charge in [0.15, 0.2) is 5.82 Å². The van der Waals surface area contributed by atoms with Crippen LogP contribution in [0.3, 0.4) is 0 Å². The van der Waals surface area contributed by atoms with Crippen molar-refractivity contribution in [3.05, 3.63) is 118 Å². The zero-order chi connectivity index (χ0) is 33.3. The molecule has 47 heavy (non-hydrogen) atoms. The number of halogens is 2. The summed E-state index contributed by atoms with van der Waals surface area (Å²) < 4.78 is 35.7. The molecule has 0 spiro atoms. The number of hydrogen-bond donors (Lipinski definition) is 2. The fraction of sp³-hybridized carbons (Fsp3) is 0.324. The van der Waals surface area contributed by atoms with Gasteiger partial charge in [0, 0.05) is 31.1 Å². The third-order valence-electron chi connectivity index (χ3n) is 9.07. The number of nitrogens with one attached hydrogen (secondary N) is 1. The molecule has 2 heterocycles. The monoisotopic (exact) mass is 640 g/mol. The number of H-pyrrole nitrogens is 1. The highest BCUT2D eigenvalue weighted by atomic mass is 19.1. The molecule has 1 amide bonds. The molecule has 8 nitrogen and oxygen atoms in total. The molecule has 1 saturated heterocycles. The number of benzene rings is 4. The van der Waals surface area contributed by atoms with Crippen LogP contribution in [-0.2, 0) is 0 Å². The van der Waals surface area contributed by atoms with Crippen LogP contribution in [0.1, 0.15) is 56.7 Å². The average molecular weight is 641 g/mol. The number of hydrogen-bond acceptors (Lipinski definition) is 5. The molecule has 0 radical (unpaired) electrons. The highest BCUT2D eigenvalue weighted by molar-refractivity contribution is 5.86. The summed E-state index contributed by atoms with van der Waals surface area (Å²) in [7, 11) is 0. The van der Waals surface area contributed by atoms with Crippen molar-refractivity contribution in [2.75, 3.05) is 24.5 Å². The quantitative estimate of drug-likeness (QED) is 0.177. The Morgan fingerprint density at radius 1 is 1.04 bits per heavy atom. The lowest BCUT2D eigenvalue weighted by atomic mass is 9.78. The van der Waals surface area contributed by atoms with Gasteiger partial charge in [-0.15, -0.1) is 0 Å². The van der Waals surface area contributed by atoms with E-state index in [1.165, 1.54) is 0 Å². The Morgan fingerprint density at radius 2 is 1.72 bits per heavy atom. The topological polar surface area (TPSA) is 103 Å². The molecule has 2 N–H and O–H groups in total. The van der Waals surface area contributed by atoms with Gasteiger partial charge in [-0.2, -0.15) is 0 Å². The van der Waals surface area contributed by atoms with Crippen LogP contribution in [0.4, 0.5) is 19.3 Å². The summed E-state index contributed by atoms with van der Waals surface area (Å²) in [5.41, 5.74) is 1.65. The minimum atomic E-state index is -1.000. The maximum Gasteiger partial charge on any atom is 0.439 e. The van der Waals surface area contributed by atoms with Crippen molar-refractivity contribution in [2.45, 2.75) is 45.6 Å². The van der Waals surface area contributed by atoms with E-state index in [0.29, 0.717) is 19.4 Å². The van der Waals surface area contributed by atoms with Crippen LogP contribution in [0.25, 0.3) is 22.2 Å². The number of carboxylic acid groups (broad SMARTS) is 1. The molecule has 0 bridgehead atoms. The maximum atomic E-state index is 15.6. The normalized spacial score (nSPS) is 17.5. The summed E-state index contributed by atoms with van der Waals surface area (Å²) in [5, 5.41) is 16.4. The molecule has 5 aromatic rings. The second kappa shape index (κ2) is 13.0. The lowest BCUT2D eigenvalue weighted by Gasteiger charge is -2.43. The van der Waals surface area contributed by atoms with Crippen molar-refractivity contribution in [3.63, 3.8) is 0 Å². The van der Waals surface area contributed by atoms with Crippen molar-refractivity contribution in [3.8, 4) is 11.4 Å². The van der Waals surface area contributed by atoms with Crippen LogP contribution in [0.15, 0.2) is 94.2 Å². The molecule has 4 aromatic carbocycles.